The van der Waals surface area contributed by atoms with E-state index in [1.807, 2.05) is 6.07 Å². The van der Waals surface area contributed by atoms with Crippen molar-refractivity contribution in [3.63, 3.8) is 0 Å². The van der Waals surface area contributed by atoms with Gasteiger partial charge in [-0.3, -0.25) is 4.79 Å². The van der Waals surface area contributed by atoms with Crippen LogP contribution in [0.5, 0.6) is 0 Å². The van der Waals surface area contributed by atoms with E-state index < -0.39 is 0 Å². The summed E-state index contributed by atoms with van der Waals surface area (Å²) in [6, 6.07) is 5.39. The first-order chi connectivity index (χ1) is 12.4. The average molecular weight is 393 g/mol. The predicted molar refractivity (Wildman–Crippen MR) is 106 cm³/mol. The Morgan fingerprint density at radius 1 is 1.19 bits per heavy atom. The number of amides is 1. The topological polar surface area (TPSA) is 49.3 Å². The molecule has 2 aromatic rings. The summed E-state index contributed by atoms with van der Waals surface area (Å²) in [5.41, 5.74) is 1.73. The number of anilines is 1. The normalized spacial score (nSPS) is 15.2. The van der Waals surface area contributed by atoms with Crippen molar-refractivity contribution >= 4 is 35.1 Å². The minimum Gasteiger partial charge on any atom is -0.349 e. The van der Waals surface area contributed by atoms with Gasteiger partial charge in [-0.15, -0.1) is 0 Å². The highest BCUT2D eigenvalue weighted by molar-refractivity contribution is 6.36. The lowest BCUT2D eigenvalue weighted by Gasteiger charge is -2.32. The number of halogens is 2. The second kappa shape index (κ2) is 8.23. The molecule has 138 valence electrons. The van der Waals surface area contributed by atoms with Crippen LogP contribution < -0.4 is 4.90 Å². The summed E-state index contributed by atoms with van der Waals surface area (Å²) in [7, 11) is 3.61. The van der Waals surface area contributed by atoms with Crippen molar-refractivity contribution in [2.45, 2.75) is 19.3 Å². The van der Waals surface area contributed by atoms with E-state index in [-0.39, 0.29) is 5.91 Å². The molecule has 0 aliphatic carbocycles. The van der Waals surface area contributed by atoms with Crippen molar-refractivity contribution in [1.82, 2.24) is 14.9 Å². The zero-order chi connectivity index (χ0) is 18.7. The van der Waals surface area contributed by atoms with Gasteiger partial charge >= 0.3 is 0 Å². The van der Waals surface area contributed by atoms with Gasteiger partial charge in [0.05, 0.1) is 0 Å². The van der Waals surface area contributed by atoms with Gasteiger partial charge in [-0.05, 0) is 30.9 Å². The van der Waals surface area contributed by atoms with E-state index in [9.17, 15) is 4.79 Å². The van der Waals surface area contributed by atoms with Gasteiger partial charge in [0.15, 0.2) is 0 Å². The third-order valence-electron chi connectivity index (χ3n) is 4.74. The number of rotatable bonds is 4. The minimum atomic E-state index is 0.198. The van der Waals surface area contributed by atoms with Crippen LogP contribution in [-0.4, -0.2) is 48.0 Å². The molecule has 26 heavy (non-hydrogen) atoms. The highest BCUT2D eigenvalue weighted by Gasteiger charge is 2.23. The van der Waals surface area contributed by atoms with E-state index in [1.165, 1.54) is 0 Å². The molecule has 1 aliphatic rings. The summed E-state index contributed by atoms with van der Waals surface area (Å²) < 4.78 is 0. The maximum absolute atomic E-state index is 11.9. The molecular formula is C19H22Cl2N4O. The molecule has 0 N–H and O–H groups in total. The predicted octanol–water partition coefficient (Wildman–Crippen LogP) is 4.15. The lowest BCUT2D eigenvalue weighted by Crippen LogP contribution is -2.36. The Kier molecular flexibility index (Phi) is 5.99. The quantitative estimate of drug-likeness (QED) is 0.783. The zero-order valence-corrected chi connectivity index (χ0v) is 16.5. The number of piperidine rings is 1. The fourth-order valence-corrected chi connectivity index (χ4v) is 3.63. The van der Waals surface area contributed by atoms with Gasteiger partial charge in [-0.25, -0.2) is 9.97 Å². The van der Waals surface area contributed by atoms with Crippen LogP contribution in [0.3, 0.4) is 0 Å². The summed E-state index contributed by atoms with van der Waals surface area (Å²) >= 11 is 12.2. The van der Waals surface area contributed by atoms with E-state index >= 15 is 0 Å². The van der Waals surface area contributed by atoms with Crippen molar-refractivity contribution in [3.8, 4) is 11.1 Å². The van der Waals surface area contributed by atoms with E-state index in [4.69, 9.17) is 23.2 Å². The molecular weight excluding hydrogens is 371 g/mol. The molecule has 0 spiro atoms. The van der Waals surface area contributed by atoms with Crippen molar-refractivity contribution in [3.05, 3.63) is 40.6 Å². The van der Waals surface area contributed by atoms with Gasteiger partial charge in [0.1, 0.15) is 0 Å². The van der Waals surface area contributed by atoms with Crippen LogP contribution in [0.2, 0.25) is 10.0 Å². The summed E-state index contributed by atoms with van der Waals surface area (Å²) in [5, 5.41) is 1.19. The molecule has 7 heteroatoms. The summed E-state index contributed by atoms with van der Waals surface area (Å²) in [5.74, 6) is 1.36. The molecule has 0 atom stereocenters. The van der Waals surface area contributed by atoms with E-state index in [0.717, 1.165) is 43.0 Å². The fourth-order valence-electron chi connectivity index (χ4n) is 3.11. The maximum Gasteiger partial charge on any atom is 0.225 e. The second-order valence-electron chi connectivity index (χ2n) is 6.82. The lowest BCUT2D eigenvalue weighted by atomic mass is 9.93. The number of nitrogens with zero attached hydrogens (tertiary/aromatic N) is 4. The number of benzene rings is 1. The molecule has 0 radical (unpaired) electrons. The lowest BCUT2D eigenvalue weighted by molar-refractivity contribution is -0.129. The molecule has 0 saturated carbocycles. The zero-order valence-electron chi connectivity index (χ0n) is 15.0. The Morgan fingerprint density at radius 2 is 1.85 bits per heavy atom. The summed E-state index contributed by atoms with van der Waals surface area (Å²) in [4.78, 5) is 24.7. The van der Waals surface area contributed by atoms with Crippen molar-refractivity contribution in [1.29, 1.82) is 0 Å². The number of hydrogen-bond donors (Lipinski definition) is 0. The number of carbonyl (C=O) groups is 1. The molecule has 0 bridgehead atoms. The summed E-state index contributed by atoms with van der Waals surface area (Å²) in [6.07, 6.45) is 6.16. The van der Waals surface area contributed by atoms with E-state index in [1.54, 1.807) is 43.5 Å². The molecule has 1 aliphatic heterocycles. The molecule has 5 nitrogen and oxygen atoms in total. The largest absolute Gasteiger partial charge is 0.349 e. The molecule has 1 amide bonds. The van der Waals surface area contributed by atoms with Crippen LogP contribution in [0.25, 0.3) is 11.1 Å². The molecule has 1 aromatic carbocycles. The smallest absolute Gasteiger partial charge is 0.225 e. The fraction of sp³-hybridized carbons (Fsp3) is 0.421. The average Bonchev–Trinajstić information content (AvgIpc) is 2.62. The van der Waals surface area contributed by atoms with E-state index in [0.29, 0.717) is 22.4 Å². The van der Waals surface area contributed by atoms with Crippen LogP contribution >= 0.6 is 23.2 Å². The third kappa shape index (κ3) is 4.46. The first-order valence-corrected chi connectivity index (χ1v) is 9.42. The molecule has 0 unspecified atom stereocenters. The molecule has 3 rings (SSSR count). The number of carbonyl (C=O) groups excluding carboxylic acids is 1. The Balaban J connectivity index is 1.62. The Hall–Kier alpha value is -1.85. The van der Waals surface area contributed by atoms with Gasteiger partial charge in [0.2, 0.25) is 11.9 Å². The van der Waals surface area contributed by atoms with Crippen LogP contribution in [0.15, 0.2) is 30.6 Å². The SMILES string of the molecule is CN(C)C(=O)CC1CCN(c2ncc(-c3ccc(Cl)cc3Cl)cn2)CC1. The molecule has 2 heterocycles. The number of hydrogen-bond acceptors (Lipinski definition) is 4. The molecule has 1 saturated heterocycles. The third-order valence-corrected chi connectivity index (χ3v) is 5.29. The standard InChI is InChI=1S/C19H22Cl2N4O/c1-24(2)18(26)9-13-5-7-25(8-6-13)19-22-11-14(12-23-19)16-4-3-15(20)10-17(16)21/h3-4,10-13H,5-9H2,1-2H3. The number of aromatic nitrogens is 2. The second-order valence-corrected chi connectivity index (χ2v) is 7.66. The van der Waals surface area contributed by atoms with Crippen molar-refractivity contribution < 1.29 is 4.79 Å². The van der Waals surface area contributed by atoms with Gasteiger partial charge in [0, 0.05) is 67.2 Å². The minimum absolute atomic E-state index is 0.198. The van der Waals surface area contributed by atoms with Gasteiger partial charge < -0.3 is 9.80 Å². The Bertz CT molecular complexity index is 772. The van der Waals surface area contributed by atoms with Crippen molar-refractivity contribution in [2.75, 3.05) is 32.1 Å². The maximum atomic E-state index is 11.9. The van der Waals surface area contributed by atoms with E-state index in [2.05, 4.69) is 14.9 Å². The highest BCUT2D eigenvalue weighted by Crippen LogP contribution is 2.30. The van der Waals surface area contributed by atoms with Crippen LogP contribution in [0.4, 0.5) is 5.95 Å². The van der Waals surface area contributed by atoms with Crippen molar-refractivity contribution in [2.24, 2.45) is 5.92 Å². The molecule has 1 fully saturated rings. The van der Waals surface area contributed by atoms with Crippen LogP contribution in [0.1, 0.15) is 19.3 Å². The summed E-state index contributed by atoms with van der Waals surface area (Å²) in [6.45, 7) is 1.73. The molecule has 1 aromatic heterocycles. The van der Waals surface area contributed by atoms with Gasteiger partial charge in [-0.1, -0.05) is 29.3 Å². The van der Waals surface area contributed by atoms with Gasteiger partial charge in [0.25, 0.3) is 0 Å². The highest BCUT2D eigenvalue weighted by atomic mass is 35.5. The Morgan fingerprint density at radius 3 is 2.42 bits per heavy atom. The first kappa shape index (κ1) is 18.9. The van der Waals surface area contributed by atoms with Crippen LogP contribution in [-0.2, 0) is 4.79 Å². The van der Waals surface area contributed by atoms with Crippen LogP contribution in [0, 0.1) is 5.92 Å². The first-order valence-electron chi connectivity index (χ1n) is 8.66. The monoisotopic (exact) mass is 392 g/mol. The Labute approximate surface area is 163 Å². The van der Waals surface area contributed by atoms with Gasteiger partial charge in [-0.2, -0.15) is 0 Å².